The number of halogens is 1. The van der Waals surface area contributed by atoms with E-state index in [2.05, 4.69) is 16.5 Å². The first-order chi connectivity index (χ1) is 9.61. The Hall–Kier alpha value is -1.13. The highest BCUT2D eigenvalue weighted by Gasteiger charge is 2.34. The molecule has 20 heavy (non-hydrogen) atoms. The molecule has 0 aromatic carbocycles. The largest absolute Gasteiger partial charge is 0.378 e. The molecule has 1 fully saturated rings. The third kappa shape index (κ3) is 2.21. The molecule has 0 aliphatic heterocycles. The van der Waals surface area contributed by atoms with E-state index in [9.17, 15) is 0 Å². The predicted octanol–water partition coefficient (Wildman–Crippen LogP) is 3.78. The zero-order valence-electron chi connectivity index (χ0n) is 12.1. The van der Waals surface area contributed by atoms with Crippen molar-refractivity contribution < 1.29 is 4.74 Å². The lowest BCUT2D eigenvalue weighted by Crippen LogP contribution is -2.34. The summed E-state index contributed by atoms with van der Waals surface area (Å²) < 4.78 is 7.87. The average Bonchev–Trinajstić information content (AvgIpc) is 2.74. The highest BCUT2D eigenvalue weighted by Crippen LogP contribution is 2.39. The van der Waals surface area contributed by atoms with E-state index < -0.39 is 0 Å². The first-order valence-electron chi connectivity index (χ1n) is 7.21. The number of ether oxygens (including phenoxy) is 1. The highest BCUT2D eigenvalue weighted by atomic mass is 35.5. The molecule has 0 radical (unpaired) electrons. The van der Waals surface area contributed by atoms with Crippen LogP contribution in [0.25, 0.3) is 11.2 Å². The van der Waals surface area contributed by atoms with Crippen LogP contribution in [0.5, 0.6) is 0 Å². The van der Waals surface area contributed by atoms with Crippen molar-refractivity contribution in [3.05, 3.63) is 23.7 Å². The van der Waals surface area contributed by atoms with E-state index in [1.807, 2.05) is 26.1 Å². The van der Waals surface area contributed by atoms with E-state index >= 15 is 0 Å². The number of alkyl halides is 1. The molecule has 2 aromatic heterocycles. The van der Waals surface area contributed by atoms with Gasteiger partial charge in [0.15, 0.2) is 5.65 Å². The molecule has 1 unspecified atom stereocenters. The Balaban J connectivity index is 2.01. The van der Waals surface area contributed by atoms with Crippen LogP contribution >= 0.6 is 11.6 Å². The third-order valence-corrected chi connectivity index (χ3v) is 4.20. The van der Waals surface area contributed by atoms with Gasteiger partial charge >= 0.3 is 0 Å². The number of rotatable bonds is 4. The monoisotopic (exact) mass is 293 g/mol. The van der Waals surface area contributed by atoms with Crippen molar-refractivity contribution in [3.8, 4) is 0 Å². The van der Waals surface area contributed by atoms with Gasteiger partial charge in [0.05, 0.1) is 11.5 Å². The van der Waals surface area contributed by atoms with Crippen molar-refractivity contribution in [3.63, 3.8) is 0 Å². The summed E-state index contributed by atoms with van der Waals surface area (Å²) in [5, 5.41) is -0.116. The van der Waals surface area contributed by atoms with Crippen molar-refractivity contribution in [1.82, 2.24) is 14.5 Å². The number of pyridine rings is 1. The van der Waals surface area contributed by atoms with Gasteiger partial charge < -0.3 is 9.30 Å². The van der Waals surface area contributed by atoms with Crippen molar-refractivity contribution in [2.75, 3.05) is 6.61 Å². The molecule has 108 valence electrons. The SMILES string of the molecule is CCOC1CC(n2c(C(C)Cl)nc3c(C)ccnc32)C1. The quantitative estimate of drug-likeness (QED) is 0.806. The summed E-state index contributed by atoms with van der Waals surface area (Å²) in [6.07, 6.45) is 4.25. The molecule has 0 saturated heterocycles. The van der Waals surface area contributed by atoms with Gasteiger partial charge in [-0.25, -0.2) is 9.97 Å². The molecule has 2 heterocycles. The van der Waals surface area contributed by atoms with Gasteiger partial charge in [-0.2, -0.15) is 0 Å². The molecule has 0 N–H and O–H groups in total. The standard InChI is InChI=1S/C15H20ClN3O/c1-4-20-12-7-11(8-12)19-14(10(3)16)18-13-9(2)5-6-17-15(13)19/h5-6,10-12H,4,7-8H2,1-3H3. The molecule has 3 rings (SSSR count). The molecule has 0 spiro atoms. The zero-order valence-corrected chi connectivity index (χ0v) is 12.9. The van der Waals surface area contributed by atoms with Crippen molar-refractivity contribution in [2.45, 2.75) is 51.1 Å². The van der Waals surface area contributed by atoms with Crippen LogP contribution in [-0.4, -0.2) is 27.2 Å². The van der Waals surface area contributed by atoms with Crippen LogP contribution in [-0.2, 0) is 4.74 Å². The first-order valence-corrected chi connectivity index (χ1v) is 7.64. The van der Waals surface area contributed by atoms with Crippen LogP contribution in [0.4, 0.5) is 0 Å². The second kappa shape index (κ2) is 5.34. The van der Waals surface area contributed by atoms with Crippen LogP contribution in [0.1, 0.15) is 49.5 Å². The summed E-state index contributed by atoms with van der Waals surface area (Å²) >= 11 is 6.31. The van der Waals surface area contributed by atoms with Crippen molar-refractivity contribution >= 4 is 22.8 Å². The molecule has 1 aliphatic carbocycles. The Kier molecular flexibility index (Phi) is 3.69. The van der Waals surface area contributed by atoms with Crippen LogP contribution in [0.15, 0.2) is 12.3 Å². The number of imidazole rings is 1. The number of fused-ring (bicyclic) bond motifs is 1. The fourth-order valence-electron chi connectivity index (χ4n) is 2.89. The molecule has 5 heteroatoms. The molecule has 4 nitrogen and oxygen atoms in total. The number of hydrogen-bond acceptors (Lipinski definition) is 3. The van der Waals surface area contributed by atoms with E-state index in [1.165, 1.54) is 0 Å². The lowest BCUT2D eigenvalue weighted by Gasteiger charge is -2.36. The molecular formula is C15H20ClN3O. The second-order valence-corrected chi connectivity index (χ2v) is 6.11. The van der Waals surface area contributed by atoms with E-state index in [4.69, 9.17) is 21.3 Å². The van der Waals surface area contributed by atoms with Gasteiger partial charge in [0.1, 0.15) is 11.3 Å². The summed E-state index contributed by atoms with van der Waals surface area (Å²) in [7, 11) is 0. The maximum Gasteiger partial charge on any atom is 0.160 e. The van der Waals surface area contributed by atoms with Gasteiger partial charge in [0, 0.05) is 18.8 Å². The maximum atomic E-state index is 6.31. The Bertz CT molecular complexity index is 617. The molecular weight excluding hydrogens is 274 g/mol. The number of nitrogens with zero attached hydrogens (tertiary/aromatic N) is 3. The third-order valence-electron chi connectivity index (χ3n) is 4.00. The normalized spacial score (nSPS) is 23.8. The lowest BCUT2D eigenvalue weighted by atomic mass is 9.88. The van der Waals surface area contributed by atoms with Crippen LogP contribution < -0.4 is 0 Å². The smallest absolute Gasteiger partial charge is 0.160 e. The van der Waals surface area contributed by atoms with E-state index in [1.54, 1.807) is 0 Å². The van der Waals surface area contributed by atoms with Crippen LogP contribution in [0, 0.1) is 6.92 Å². The minimum absolute atomic E-state index is 0.116. The maximum absolute atomic E-state index is 6.31. The summed E-state index contributed by atoms with van der Waals surface area (Å²) in [5.41, 5.74) is 3.07. The highest BCUT2D eigenvalue weighted by molar-refractivity contribution is 6.20. The lowest BCUT2D eigenvalue weighted by molar-refractivity contribution is -0.0194. The molecule has 1 aliphatic rings. The molecule has 1 saturated carbocycles. The van der Waals surface area contributed by atoms with Gasteiger partial charge in [0.25, 0.3) is 0 Å². The molecule has 0 bridgehead atoms. The summed E-state index contributed by atoms with van der Waals surface area (Å²) in [5.74, 6) is 0.920. The fraction of sp³-hybridized carbons (Fsp3) is 0.600. The first kappa shape index (κ1) is 13.8. The molecule has 0 amide bonds. The molecule has 1 atom stereocenters. The topological polar surface area (TPSA) is 39.9 Å². The summed E-state index contributed by atoms with van der Waals surface area (Å²) in [4.78, 5) is 9.23. The Labute approximate surface area is 124 Å². The number of aryl methyl sites for hydroxylation is 1. The van der Waals surface area contributed by atoms with Gasteiger partial charge in [-0.05, 0) is 45.2 Å². The van der Waals surface area contributed by atoms with Crippen LogP contribution in [0.3, 0.4) is 0 Å². The summed E-state index contributed by atoms with van der Waals surface area (Å²) in [6, 6.07) is 2.40. The number of aromatic nitrogens is 3. The van der Waals surface area contributed by atoms with E-state index in [0.717, 1.165) is 42.0 Å². The Morgan fingerprint density at radius 3 is 2.90 bits per heavy atom. The van der Waals surface area contributed by atoms with Crippen molar-refractivity contribution in [2.24, 2.45) is 0 Å². The zero-order chi connectivity index (χ0) is 14.3. The minimum atomic E-state index is -0.116. The number of hydrogen-bond donors (Lipinski definition) is 0. The average molecular weight is 294 g/mol. The van der Waals surface area contributed by atoms with Gasteiger partial charge in [0.2, 0.25) is 0 Å². The Morgan fingerprint density at radius 1 is 1.50 bits per heavy atom. The minimum Gasteiger partial charge on any atom is -0.378 e. The predicted molar refractivity (Wildman–Crippen MR) is 80.2 cm³/mol. The molecule has 2 aromatic rings. The van der Waals surface area contributed by atoms with Gasteiger partial charge in [-0.3, -0.25) is 0 Å². The van der Waals surface area contributed by atoms with Gasteiger partial charge in [-0.15, -0.1) is 11.6 Å². The van der Waals surface area contributed by atoms with Gasteiger partial charge in [-0.1, -0.05) is 0 Å². The second-order valence-electron chi connectivity index (χ2n) is 5.46. The van der Waals surface area contributed by atoms with E-state index in [-0.39, 0.29) is 5.38 Å². The summed E-state index contributed by atoms with van der Waals surface area (Å²) in [6.45, 7) is 6.84. The Morgan fingerprint density at radius 2 is 2.25 bits per heavy atom. The van der Waals surface area contributed by atoms with Crippen LogP contribution in [0.2, 0.25) is 0 Å². The van der Waals surface area contributed by atoms with Crippen molar-refractivity contribution in [1.29, 1.82) is 0 Å². The van der Waals surface area contributed by atoms with E-state index in [0.29, 0.717) is 12.1 Å². The fourth-order valence-corrected chi connectivity index (χ4v) is 3.04.